The van der Waals surface area contributed by atoms with Crippen molar-refractivity contribution in [3.8, 4) is 16.9 Å². The molecule has 0 unspecified atom stereocenters. The summed E-state index contributed by atoms with van der Waals surface area (Å²) in [4.78, 5) is 12.5. The molecule has 5 heteroatoms. The minimum Gasteiger partial charge on any atom is -0.496 e. The summed E-state index contributed by atoms with van der Waals surface area (Å²) in [5.41, 5.74) is 5.52. The van der Waals surface area contributed by atoms with Gasteiger partial charge in [-0.3, -0.25) is 4.79 Å². The van der Waals surface area contributed by atoms with Gasteiger partial charge in [0, 0.05) is 40.2 Å². The Kier molecular flexibility index (Phi) is 6.62. The minimum atomic E-state index is -0.134. The van der Waals surface area contributed by atoms with Crippen molar-refractivity contribution in [1.82, 2.24) is 5.32 Å². The number of nitrogens with one attached hydrogen (secondary N) is 1. The highest BCUT2D eigenvalue weighted by Crippen LogP contribution is 2.37. The lowest BCUT2D eigenvalue weighted by Crippen LogP contribution is -2.23. The predicted octanol–water partition coefficient (Wildman–Crippen LogP) is 6.52. The van der Waals surface area contributed by atoms with E-state index in [2.05, 4.69) is 17.4 Å². The molecule has 0 atom stereocenters. The van der Waals surface area contributed by atoms with E-state index >= 15 is 0 Å². The van der Waals surface area contributed by atoms with E-state index in [1.165, 1.54) is 5.56 Å². The number of ether oxygens (including phenoxy) is 1. The highest BCUT2D eigenvalue weighted by atomic mass is 35.5. The van der Waals surface area contributed by atoms with Crippen LogP contribution in [0.1, 0.15) is 18.1 Å². The van der Waals surface area contributed by atoms with Gasteiger partial charge in [0.15, 0.2) is 0 Å². The van der Waals surface area contributed by atoms with Crippen LogP contribution in [0.25, 0.3) is 27.7 Å². The van der Waals surface area contributed by atoms with Crippen LogP contribution in [0, 0.1) is 0 Å². The molecule has 0 aliphatic heterocycles. The van der Waals surface area contributed by atoms with Gasteiger partial charge in [0.05, 0.1) is 13.4 Å². The van der Waals surface area contributed by atoms with Crippen molar-refractivity contribution in [2.45, 2.75) is 13.3 Å². The van der Waals surface area contributed by atoms with E-state index in [1.54, 1.807) is 19.4 Å². The summed E-state index contributed by atoms with van der Waals surface area (Å²) >= 11 is 6.03. The Morgan fingerprint density at radius 3 is 2.56 bits per heavy atom. The van der Waals surface area contributed by atoms with Crippen LogP contribution < -0.4 is 10.1 Å². The first-order valence-electron chi connectivity index (χ1n) is 10.4. The summed E-state index contributed by atoms with van der Waals surface area (Å²) in [6.45, 7) is 2.48. The van der Waals surface area contributed by atoms with Crippen molar-refractivity contribution < 1.29 is 13.9 Å². The highest BCUT2D eigenvalue weighted by molar-refractivity contribution is 6.30. The molecule has 162 valence electrons. The molecule has 32 heavy (non-hydrogen) atoms. The van der Waals surface area contributed by atoms with Crippen LogP contribution in [0.15, 0.2) is 83.5 Å². The van der Waals surface area contributed by atoms with Crippen LogP contribution >= 0.6 is 11.6 Å². The molecular formula is C27H24ClNO3. The largest absolute Gasteiger partial charge is 0.496 e. The number of halogens is 1. The van der Waals surface area contributed by atoms with Crippen molar-refractivity contribution in [3.63, 3.8) is 0 Å². The van der Waals surface area contributed by atoms with Crippen LogP contribution in [-0.2, 0) is 11.2 Å². The predicted molar refractivity (Wildman–Crippen MR) is 130 cm³/mol. The van der Waals surface area contributed by atoms with E-state index in [9.17, 15) is 4.79 Å². The Labute approximate surface area is 192 Å². The highest BCUT2D eigenvalue weighted by Gasteiger charge is 2.15. The number of hydrogen-bond acceptors (Lipinski definition) is 3. The zero-order valence-corrected chi connectivity index (χ0v) is 18.8. The Hall–Kier alpha value is -3.50. The molecule has 0 saturated carbocycles. The van der Waals surface area contributed by atoms with Crippen molar-refractivity contribution in [1.29, 1.82) is 0 Å². The van der Waals surface area contributed by atoms with Gasteiger partial charge in [0.25, 0.3) is 0 Å². The van der Waals surface area contributed by atoms with Crippen LogP contribution in [0.3, 0.4) is 0 Å². The second-order valence-corrected chi connectivity index (χ2v) is 8.00. The standard InChI is InChI=1S/C27H24ClNO3/c1-18(14-27(30)29-13-12-19-6-4-3-5-7-19)22-15-23-24(20-8-10-21(28)11-9-20)17-32-26(23)16-25(22)31-2/h3-11,14-17H,12-13H2,1-2H3,(H,29,30)/b18-14+. The van der Waals surface area contributed by atoms with E-state index in [4.69, 9.17) is 20.8 Å². The van der Waals surface area contributed by atoms with Crippen LogP contribution in [0.4, 0.5) is 0 Å². The number of carbonyl (C=O) groups is 1. The molecule has 4 aromatic rings. The second kappa shape index (κ2) is 9.75. The van der Waals surface area contributed by atoms with Crippen LogP contribution in [0.5, 0.6) is 5.75 Å². The van der Waals surface area contributed by atoms with Gasteiger partial charge in [-0.2, -0.15) is 0 Å². The molecule has 1 heterocycles. The molecule has 0 aliphatic rings. The number of carbonyl (C=O) groups excluding carboxylic acids is 1. The van der Waals surface area contributed by atoms with Crippen molar-refractivity contribution in [3.05, 3.63) is 95.2 Å². The number of fused-ring (bicyclic) bond motifs is 1. The molecule has 0 spiro atoms. The molecule has 0 bridgehead atoms. The lowest BCUT2D eigenvalue weighted by Gasteiger charge is -2.10. The van der Waals surface area contributed by atoms with Gasteiger partial charge in [-0.25, -0.2) is 0 Å². The topological polar surface area (TPSA) is 51.5 Å². The number of hydrogen-bond donors (Lipinski definition) is 1. The zero-order valence-electron chi connectivity index (χ0n) is 18.0. The third-order valence-corrected chi connectivity index (χ3v) is 5.63. The quantitative estimate of drug-likeness (QED) is 0.329. The number of amides is 1. The number of benzene rings is 3. The Morgan fingerprint density at radius 1 is 1.09 bits per heavy atom. The maximum Gasteiger partial charge on any atom is 0.244 e. The average Bonchev–Trinajstić information content (AvgIpc) is 3.22. The van der Waals surface area contributed by atoms with Crippen molar-refractivity contribution in [2.75, 3.05) is 13.7 Å². The van der Waals surface area contributed by atoms with E-state index in [-0.39, 0.29) is 5.91 Å². The van der Waals surface area contributed by atoms with Gasteiger partial charge in [-0.15, -0.1) is 0 Å². The molecule has 0 saturated heterocycles. The molecule has 3 aromatic carbocycles. The number of rotatable bonds is 7. The van der Waals surface area contributed by atoms with Gasteiger partial charge in [0.2, 0.25) is 5.91 Å². The first-order chi connectivity index (χ1) is 15.5. The molecule has 4 nitrogen and oxygen atoms in total. The number of methoxy groups -OCH3 is 1. The third kappa shape index (κ3) is 4.87. The van der Waals surface area contributed by atoms with E-state index in [0.717, 1.165) is 39.7 Å². The second-order valence-electron chi connectivity index (χ2n) is 7.56. The summed E-state index contributed by atoms with van der Waals surface area (Å²) in [5.74, 6) is 0.519. The molecule has 1 amide bonds. The molecule has 1 N–H and O–H groups in total. The minimum absolute atomic E-state index is 0.134. The average molecular weight is 446 g/mol. The summed E-state index contributed by atoms with van der Waals surface area (Å²) < 4.78 is 11.4. The lowest BCUT2D eigenvalue weighted by atomic mass is 9.99. The van der Waals surface area contributed by atoms with E-state index in [1.807, 2.05) is 61.5 Å². The number of furan rings is 1. The Morgan fingerprint density at radius 2 is 1.84 bits per heavy atom. The van der Waals surface area contributed by atoms with Gasteiger partial charge >= 0.3 is 0 Å². The molecule has 1 aromatic heterocycles. The monoisotopic (exact) mass is 445 g/mol. The summed E-state index contributed by atoms with van der Waals surface area (Å²) in [7, 11) is 1.61. The van der Waals surface area contributed by atoms with Crippen molar-refractivity contribution in [2.24, 2.45) is 0 Å². The molecule has 0 fully saturated rings. The van der Waals surface area contributed by atoms with Gasteiger partial charge in [-0.1, -0.05) is 54.1 Å². The Balaban J connectivity index is 1.58. The van der Waals surface area contributed by atoms with Gasteiger partial charge < -0.3 is 14.5 Å². The van der Waals surface area contributed by atoms with Gasteiger partial charge in [0.1, 0.15) is 11.3 Å². The summed E-state index contributed by atoms with van der Waals surface area (Å²) in [5, 5.41) is 4.58. The SMILES string of the molecule is COc1cc2occ(-c3ccc(Cl)cc3)c2cc1/C(C)=C/C(=O)NCCc1ccccc1. The maximum atomic E-state index is 12.5. The molecule has 4 rings (SSSR count). The maximum absolute atomic E-state index is 12.5. The van der Waals surface area contributed by atoms with Gasteiger partial charge in [-0.05, 0) is 48.2 Å². The third-order valence-electron chi connectivity index (χ3n) is 5.38. The van der Waals surface area contributed by atoms with Crippen molar-refractivity contribution >= 4 is 34.1 Å². The fourth-order valence-electron chi connectivity index (χ4n) is 3.69. The normalized spacial score (nSPS) is 11.5. The summed E-state index contributed by atoms with van der Waals surface area (Å²) in [6, 6.07) is 21.6. The van der Waals surface area contributed by atoms with E-state index < -0.39 is 0 Å². The fourth-order valence-corrected chi connectivity index (χ4v) is 3.81. The first kappa shape index (κ1) is 21.7. The molecular weight excluding hydrogens is 422 g/mol. The summed E-state index contributed by atoms with van der Waals surface area (Å²) in [6.07, 6.45) is 4.12. The smallest absolute Gasteiger partial charge is 0.244 e. The van der Waals surface area contributed by atoms with Crippen LogP contribution in [-0.4, -0.2) is 19.6 Å². The zero-order chi connectivity index (χ0) is 22.5. The Bertz CT molecular complexity index is 1260. The van der Waals surface area contributed by atoms with Crippen LogP contribution in [0.2, 0.25) is 5.02 Å². The first-order valence-corrected chi connectivity index (χ1v) is 10.8. The lowest BCUT2D eigenvalue weighted by molar-refractivity contribution is -0.116. The fraction of sp³-hybridized carbons (Fsp3) is 0.148. The number of allylic oxidation sites excluding steroid dienone is 1. The molecule has 0 radical (unpaired) electrons. The molecule has 0 aliphatic carbocycles. The van der Waals surface area contributed by atoms with E-state index in [0.29, 0.717) is 17.3 Å².